The van der Waals surface area contributed by atoms with E-state index in [9.17, 15) is 9.18 Å². The van der Waals surface area contributed by atoms with E-state index < -0.39 is 5.82 Å². The maximum absolute atomic E-state index is 13.0. The zero-order valence-electron chi connectivity index (χ0n) is 11.3. The van der Waals surface area contributed by atoms with E-state index in [1.165, 1.54) is 18.2 Å². The molecule has 2 rings (SSSR count). The van der Waals surface area contributed by atoms with Crippen LogP contribution in [-0.2, 0) is 4.79 Å². The molecule has 0 radical (unpaired) electrons. The summed E-state index contributed by atoms with van der Waals surface area (Å²) in [6, 6.07) is 4.33. The van der Waals surface area contributed by atoms with E-state index in [0.717, 1.165) is 26.2 Å². The SMILES string of the molecule is CN1CCN(NC(=O)/C=C/c2ccc(F)c(Cl)c2)CC1. The van der Waals surface area contributed by atoms with Crippen LogP contribution in [0.15, 0.2) is 24.3 Å². The number of nitrogens with one attached hydrogen (secondary N) is 1. The van der Waals surface area contributed by atoms with Crippen LogP contribution in [0.3, 0.4) is 0 Å². The van der Waals surface area contributed by atoms with Gasteiger partial charge in [0.05, 0.1) is 5.02 Å². The van der Waals surface area contributed by atoms with Crippen LogP contribution in [0.1, 0.15) is 5.56 Å². The lowest BCUT2D eigenvalue weighted by Crippen LogP contribution is -2.52. The van der Waals surface area contributed by atoms with E-state index in [1.807, 2.05) is 5.01 Å². The Kier molecular flexibility index (Phi) is 5.11. The van der Waals surface area contributed by atoms with Crippen molar-refractivity contribution in [3.63, 3.8) is 0 Å². The molecule has 0 bridgehead atoms. The minimum atomic E-state index is -0.467. The van der Waals surface area contributed by atoms with Gasteiger partial charge in [0.2, 0.25) is 0 Å². The van der Waals surface area contributed by atoms with Crippen molar-refractivity contribution < 1.29 is 9.18 Å². The molecule has 0 spiro atoms. The zero-order valence-corrected chi connectivity index (χ0v) is 12.0. The predicted molar refractivity (Wildman–Crippen MR) is 77.7 cm³/mol. The third-order valence-electron chi connectivity index (χ3n) is 3.14. The standard InChI is InChI=1S/C14H17ClFN3O/c1-18-6-8-19(9-7-18)17-14(20)5-3-11-2-4-13(16)12(15)10-11/h2-5,10H,6-9H2,1H3,(H,17,20)/b5-3+. The van der Waals surface area contributed by atoms with Crippen LogP contribution in [0, 0.1) is 5.82 Å². The molecule has 1 saturated heterocycles. The highest BCUT2D eigenvalue weighted by atomic mass is 35.5. The van der Waals surface area contributed by atoms with Crippen LogP contribution >= 0.6 is 11.6 Å². The predicted octanol–water partition coefficient (Wildman–Crippen LogP) is 1.77. The first-order chi connectivity index (χ1) is 9.54. The minimum absolute atomic E-state index is 0.0478. The second-order valence-electron chi connectivity index (χ2n) is 4.77. The molecule has 0 unspecified atom stereocenters. The molecule has 1 aromatic carbocycles. The maximum Gasteiger partial charge on any atom is 0.258 e. The molecule has 108 valence electrons. The Hall–Kier alpha value is -1.43. The molecule has 1 aliphatic rings. The summed E-state index contributed by atoms with van der Waals surface area (Å²) in [4.78, 5) is 14.0. The van der Waals surface area contributed by atoms with E-state index >= 15 is 0 Å². The van der Waals surface area contributed by atoms with E-state index in [1.54, 1.807) is 12.1 Å². The number of benzene rings is 1. The zero-order chi connectivity index (χ0) is 14.5. The summed E-state index contributed by atoms with van der Waals surface area (Å²) in [5.74, 6) is -0.666. The Morgan fingerprint density at radius 2 is 2.05 bits per heavy atom. The summed E-state index contributed by atoms with van der Waals surface area (Å²) >= 11 is 5.68. The number of rotatable bonds is 3. The number of carbonyl (C=O) groups is 1. The molecule has 20 heavy (non-hydrogen) atoms. The maximum atomic E-state index is 13.0. The van der Waals surface area contributed by atoms with Gasteiger partial charge in [-0.15, -0.1) is 0 Å². The lowest BCUT2D eigenvalue weighted by molar-refractivity contribution is -0.121. The number of carbonyl (C=O) groups excluding carboxylic acids is 1. The summed E-state index contributed by atoms with van der Waals surface area (Å²) in [7, 11) is 2.05. The van der Waals surface area contributed by atoms with Gasteiger partial charge in [-0.2, -0.15) is 0 Å². The summed E-state index contributed by atoms with van der Waals surface area (Å²) < 4.78 is 13.0. The average Bonchev–Trinajstić information content (AvgIpc) is 2.43. The number of hydrogen-bond acceptors (Lipinski definition) is 3. The highest BCUT2D eigenvalue weighted by molar-refractivity contribution is 6.30. The van der Waals surface area contributed by atoms with Gasteiger partial charge >= 0.3 is 0 Å². The molecule has 1 aliphatic heterocycles. The van der Waals surface area contributed by atoms with Crippen molar-refractivity contribution in [3.8, 4) is 0 Å². The van der Waals surface area contributed by atoms with E-state index in [0.29, 0.717) is 5.56 Å². The van der Waals surface area contributed by atoms with Crippen molar-refractivity contribution in [2.24, 2.45) is 0 Å². The minimum Gasteiger partial charge on any atom is -0.304 e. The van der Waals surface area contributed by atoms with Gasteiger partial charge < -0.3 is 4.90 Å². The molecule has 0 aromatic heterocycles. The van der Waals surface area contributed by atoms with Crippen LogP contribution in [0.5, 0.6) is 0 Å². The molecule has 0 aliphatic carbocycles. The average molecular weight is 298 g/mol. The third-order valence-corrected chi connectivity index (χ3v) is 3.43. The topological polar surface area (TPSA) is 35.6 Å². The van der Waals surface area contributed by atoms with Crippen LogP contribution in [0.2, 0.25) is 5.02 Å². The number of nitrogens with zero attached hydrogens (tertiary/aromatic N) is 2. The molecule has 1 N–H and O–H groups in total. The normalized spacial score (nSPS) is 17.6. The fourth-order valence-corrected chi connectivity index (χ4v) is 2.09. The van der Waals surface area contributed by atoms with Gasteiger partial charge in [-0.25, -0.2) is 9.40 Å². The van der Waals surface area contributed by atoms with Crippen molar-refractivity contribution in [1.29, 1.82) is 0 Å². The highest BCUT2D eigenvalue weighted by Crippen LogP contribution is 2.16. The molecule has 1 fully saturated rings. The molecule has 0 saturated carbocycles. The fourth-order valence-electron chi connectivity index (χ4n) is 1.90. The molecule has 0 atom stereocenters. The number of piperazine rings is 1. The summed E-state index contributed by atoms with van der Waals surface area (Å²) in [6.45, 7) is 3.46. The van der Waals surface area contributed by atoms with Gasteiger partial charge in [-0.3, -0.25) is 10.2 Å². The van der Waals surface area contributed by atoms with E-state index in [4.69, 9.17) is 11.6 Å². The lowest BCUT2D eigenvalue weighted by atomic mass is 10.2. The molecule has 1 amide bonds. The summed E-state index contributed by atoms with van der Waals surface area (Å²) in [5.41, 5.74) is 3.49. The molecule has 4 nitrogen and oxygen atoms in total. The Bertz CT molecular complexity index is 513. The molecular formula is C14H17ClFN3O. The Morgan fingerprint density at radius 1 is 1.35 bits per heavy atom. The van der Waals surface area contributed by atoms with Crippen LogP contribution < -0.4 is 5.43 Å². The van der Waals surface area contributed by atoms with Gasteiger partial charge in [-0.1, -0.05) is 17.7 Å². The molecular weight excluding hydrogens is 281 g/mol. The largest absolute Gasteiger partial charge is 0.304 e. The van der Waals surface area contributed by atoms with Crippen LogP contribution in [0.4, 0.5) is 4.39 Å². The number of hydrogen-bond donors (Lipinski definition) is 1. The highest BCUT2D eigenvalue weighted by Gasteiger charge is 2.14. The van der Waals surface area contributed by atoms with Gasteiger partial charge in [0, 0.05) is 32.3 Å². The molecule has 1 heterocycles. The molecule has 6 heteroatoms. The van der Waals surface area contributed by atoms with Gasteiger partial charge in [-0.05, 0) is 30.8 Å². The monoisotopic (exact) mass is 297 g/mol. The number of hydrazine groups is 1. The van der Waals surface area contributed by atoms with Crippen molar-refractivity contribution in [3.05, 3.63) is 40.7 Å². The second-order valence-corrected chi connectivity index (χ2v) is 5.18. The van der Waals surface area contributed by atoms with E-state index in [2.05, 4.69) is 17.4 Å². The smallest absolute Gasteiger partial charge is 0.258 e. The third kappa shape index (κ3) is 4.30. The summed E-state index contributed by atoms with van der Waals surface area (Å²) in [5, 5.41) is 1.94. The Labute approximate surface area is 122 Å². The van der Waals surface area contributed by atoms with Gasteiger partial charge in [0.25, 0.3) is 5.91 Å². The van der Waals surface area contributed by atoms with Gasteiger partial charge in [0.1, 0.15) is 5.82 Å². The van der Waals surface area contributed by atoms with E-state index in [-0.39, 0.29) is 10.9 Å². The van der Waals surface area contributed by atoms with Crippen LogP contribution in [-0.4, -0.2) is 49.0 Å². The number of likely N-dealkylation sites (N-methyl/N-ethyl adjacent to an activating group) is 1. The van der Waals surface area contributed by atoms with Gasteiger partial charge in [0.15, 0.2) is 0 Å². The van der Waals surface area contributed by atoms with Crippen molar-refractivity contribution in [2.45, 2.75) is 0 Å². The number of halogens is 2. The van der Waals surface area contributed by atoms with Crippen molar-refractivity contribution in [1.82, 2.24) is 15.3 Å². The second kappa shape index (κ2) is 6.83. The lowest BCUT2D eigenvalue weighted by Gasteiger charge is -2.31. The first-order valence-corrected chi connectivity index (χ1v) is 6.79. The molecule has 1 aromatic rings. The van der Waals surface area contributed by atoms with Crippen molar-refractivity contribution >= 4 is 23.6 Å². The fraction of sp³-hybridized carbons (Fsp3) is 0.357. The van der Waals surface area contributed by atoms with Crippen molar-refractivity contribution in [2.75, 3.05) is 33.2 Å². The quantitative estimate of drug-likeness (QED) is 0.864. The Morgan fingerprint density at radius 3 is 2.70 bits per heavy atom. The number of amides is 1. The summed E-state index contributed by atoms with van der Waals surface area (Å²) in [6.07, 6.45) is 3.03. The van der Waals surface area contributed by atoms with Crippen LogP contribution in [0.25, 0.3) is 6.08 Å². The Balaban J connectivity index is 1.87. The first kappa shape index (κ1) is 15.0. The first-order valence-electron chi connectivity index (χ1n) is 6.42.